The minimum Gasteiger partial charge on any atom is -0.350 e. The van der Waals surface area contributed by atoms with Crippen molar-refractivity contribution in [2.24, 2.45) is 7.05 Å². The lowest BCUT2D eigenvalue weighted by Crippen LogP contribution is -2.20. The van der Waals surface area contributed by atoms with Gasteiger partial charge in [-0.2, -0.15) is 0 Å². The van der Waals surface area contributed by atoms with Crippen molar-refractivity contribution in [3.05, 3.63) is 60.8 Å². The van der Waals surface area contributed by atoms with Crippen molar-refractivity contribution in [1.29, 1.82) is 0 Å². The average Bonchev–Trinajstić information content (AvgIpc) is 3.23. The normalized spacial score (nSPS) is 10.9. The predicted octanol–water partition coefficient (Wildman–Crippen LogP) is 2.47. The van der Waals surface area contributed by atoms with Crippen molar-refractivity contribution >= 4 is 22.5 Å². The van der Waals surface area contributed by atoms with Gasteiger partial charge in [0.15, 0.2) is 5.82 Å². The minimum absolute atomic E-state index is 0.0440. The Labute approximate surface area is 143 Å². The number of hydrogen-bond acceptors (Lipinski definition) is 4. The third-order valence-corrected chi connectivity index (χ3v) is 4.03. The van der Waals surface area contributed by atoms with Crippen LogP contribution in [0.15, 0.2) is 60.8 Å². The number of aromatic nitrogens is 5. The third-order valence-electron chi connectivity index (χ3n) is 4.03. The molecule has 0 saturated heterocycles. The molecule has 0 saturated carbocycles. The Balaban J connectivity index is 1.53. The van der Waals surface area contributed by atoms with Crippen LogP contribution in [-0.4, -0.2) is 30.7 Å². The number of benzene rings is 2. The summed E-state index contributed by atoms with van der Waals surface area (Å²) in [6, 6.07) is 17.4. The van der Waals surface area contributed by atoms with E-state index in [1.165, 1.54) is 4.68 Å². The second kappa shape index (κ2) is 6.20. The smallest absolute Gasteiger partial charge is 0.246 e. The van der Waals surface area contributed by atoms with Crippen molar-refractivity contribution < 1.29 is 4.79 Å². The molecule has 0 atom stereocenters. The van der Waals surface area contributed by atoms with Gasteiger partial charge in [-0.3, -0.25) is 4.79 Å². The molecule has 0 aliphatic rings. The molecule has 7 nitrogen and oxygen atoms in total. The van der Waals surface area contributed by atoms with E-state index >= 15 is 0 Å². The summed E-state index contributed by atoms with van der Waals surface area (Å²) in [4.78, 5) is 12.4. The molecule has 124 valence electrons. The second-order valence-electron chi connectivity index (χ2n) is 5.77. The first-order valence-corrected chi connectivity index (χ1v) is 7.87. The van der Waals surface area contributed by atoms with E-state index < -0.39 is 0 Å². The predicted molar refractivity (Wildman–Crippen MR) is 94.8 cm³/mol. The summed E-state index contributed by atoms with van der Waals surface area (Å²) in [7, 11) is 1.97. The Kier molecular flexibility index (Phi) is 3.74. The van der Waals surface area contributed by atoms with Crippen LogP contribution in [0.2, 0.25) is 0 Å². The summed E-state index contributed by atoms with van der Waals surface area (Å²) >= 11 is 0. The van der Waals surface area contributed by atoms with Crippen molar-refractivity contribution in [3.8, 4) is 11.4 Å². The van der Waals surface area contributed by atoms with Crippen molar-refractivity contribution in [2.45, 2.75) is 6.54 Å². The zero-order chi connectivity index (χ0) is 17.2. The fraction of sp³-hybridized carbons (Fsp3) is 0.111. The van der Waals surface area contributed by atoms with E-state index in [-0.39, 0.29) is 12.5 Å². The number of carbonyl (C=O) groups excluding carboxylic acids is 1. The second-order valence-corrected chi connectivity index (χ2v) is 5.77. The van der Waals surface area contributed by atoms with Crippen LogP contribution in [0.3, 0.4) is 0 Å². The maximum Gasteiger partial charge on any atom is 0.246 e. The first-order chi connectivity index (χ1) is 12.2. The number of fused-ring (bicyclic) bond motifs is 1. The number of rotatable bonds is 4. The van der Waals surface area contributed by atoms with Crippen molar-refractivity contribution in [3.63, 3.8) is 0 Å². The van der Waals surface area contributed by atoms with Gasteiger partial charge in [-0.1, -0.05) is 36.4 Å². The zero-order valence-corrected chi connectivity index (χ0v) is 13.6. The highest BCUT2D eigenvalue weighted by atomic mass is 16.2. The molecule has 2 aromatic carbocycles. The van der Waals surface area contributed by atoms with Crippen LogP contribution < -0.4 is 5.32 Å². The lowest BCUT2D eigenvalue weighted by Gasteiger charge is -2.07. The van der Waals surface area contributed by atoms with Crippen LogP contribution in [0.4, 0.5) is 5.69 Å². The van der Waals surface area contributed by atoms with Gasteiger partial charge in [0.05, 0.1) is 0 Å². The monoisotopic (exact) mass is 332 g/mol. The minimum atomic E-state index is -0.182. The highest BCUT2D eigenvalue weighted by Gasteiger charge is 2.12. The molecule has 0 aliphatic carbocycles. The molecule has 0 bridgehead atoms. The van der Waals surface area contributed by atoms with Crippen LogP contribution >= 0.6 is 0 Å². The number of anilines is 1. The molecular weight excluding hydrogens is 316 g/mol. The maximum atomic E-state index is 12.4. The van der Waals surface area contributed by atoms with Crippen LogP contribution in [0.5, 0.6) is 0 Å². The average molecular weight is 332 g/mol. The quantitative estimate of drug-likeness (QED) is 0.623. The van der Waals surface area contributed by atoms with E-state index in [0.717, 1.165) is 22.2 Å². The van der Waals surface area contributed by atoms with Gasteiger partial charge in [0.2, 0.25) is 5.91 Å². The Morgan fingerprint density at radius 3 is 2.80 bits per heavy atom. The standard InChI is InChI=1S/C18H16N6O/c1-23-10-9-13-7-8-15(11-16(13)23)19-17(25)12-24-18(20-21-22-24)14-5-3-2-4-6-14/h2-11H,12H2,1H3,(H,19,25). The molecule has 4 rings (SSSR count). The molecule has 0 unspecified atom stereocenters. The largest absolute Gasteiger partial charge is 0.350 e. The van der Waals surface area contributed by atoms with Crippen LogP contribution in [0.1, 0.15) is 0 Å². The van der Waals surface area contributed by atoms with E-state index in [9.17, 15) is 4.79 Å². The molecule has 0 fully saturated rings. The number of nitrogens with one attached hydrogen (secondary N) is 1. The number of tetrazole rings is 1. The lowest BCUT2D eigenvalue weighted by atomic mass is 10.2. The first kappa shape index (κ1) is 15.1. The van der Waals surface area contributed by atoms with Gasteiger partial charge >= 0.3 is 0 Å². The van der Waals surface area contributed by atoms with E-state index in [1.807, 2.05) is 72.4 Å². The number of nitrogens with zero attached hydrogens (tertiary/aromatic N) is 5. The number of hydrogen-bond donors (Lipinski definition) is 1. The van der Waals surface area contributed by atoms with Gasteiger partial charge in [0, 0.05) is 30.0 Å². The molecule has 1 N–H and O–H groups in total. The molecular formula is C18H16N6O. The van der Waals surface area contributed by atoms with Gasteiger partial charge in [-0.25, -0.2) is 4.68 Å². The lowest BCUT2D eigenvalue weighted by molar-refractivity contribution is -0.116. The van der Waals surface area contributed by atoms with Gasteiger partial charge in [-0.05, 0) is 34.0 Å². The van der Waals surface area contributed by atoms with Crippen molar-refractivity contribution in [1.82, 2.24) is 24.8 Å². The fourth-order valence-electron chi connectivity index (χ4n) is 2.78. The Bertz CT molecular complexity index is 1030. The van der Waals surface area contributed by atoms with Gasteiger partial charge in [0.25, 0.3) is 0 Å². The Morgan fingerprint density at radius 1 is 1.12 bits per heavy atom. The summed E-state index contributed by atoms with van der Waals surface area (Å²) in [5, 5.41) is 15.6. The Hall–Kier alpha value is -3.48. The van der Waals surface area contributed by atoms with Crippen LogP contribution in [0.25, 0.3) is 22.3 Å². The SMILES string of the molecule is Cn1ccc2ccc(NC(=O)Cn3nnnc3-c3ccccc3)cc21. The van der Waals surface area contributed by atoms with E-state index in [1.54, 1.807) is 0 Å². The number of aryl methyl sites for hydroxylation is 1. The topological polar surface area (TPSA) is 77.6 Å². The van der Waals surface area contributed by atoms with Gasteiger partial charge < -0.3 is 9.88 Å². The molecule has 2 heterocycles. The molecule has 0 aliphatic heterocycles. The van der Waals surface area contributed by atoms with Gasteiger partial charge in [-0.15, -0.1) is 5.10 Å². The molecule has 2 aromatic heterocycles. The highest BCUT2D eigenvalue weighted by molar-refractivity contribution is 5.93. The number of amides is 1. The molecule has 4 aromatic rings. The summed E-state index contributed by atoms with van der Waals surface area (Å²) in [6.07, 6.45) is 1.99. The summed E-state index contributed by atoms with van der Waals surface area (Å²) in [6.45, 7) is 0.0440. The summed E-state index contributed by atoms with van der Waals surface area (Å²) in [5.74, 6) is 0.381. The van der Waals surface area contributed by atoms with Crippen molar-refractivity contribution in [2.75, 3.05) is 5.32 Å². The molecule has 0 radical (unpaired) electrons. The van der Waals surface area contributed by atoms with Gasteiger partial charge in [0.1, 0.15) is 6.54 Å². The van der Waals surface area contributed by atoms with E-state index in [4.69, 9.17) is 0 Å². The zero-order valence-electron chi connectivity index (χ0n) is 13.6. The number of carbonyl (C=O) groups is 1. The van der Waals surface area contributed by atoms with Crippen LogP contribution in [-0.2, 0) is 18.4 Å². The highest BCUT2D eigenvalue weighted by Crippen LogP contribution is 2.20. The summed E-state index contributed by atoms with van der Waals surface area (Å²) in [5.41, 5.74) is 2.67. The first-order valence-electron chi connectivity index (χ1n) is 7.87. The van der Waals surface area contributed by atoms with E-state index in [0.29, 0.717) is 5.82 Å². The molecule has 1 amide bonds. The Morgan fingerprint density at radius 2 is 1.96 bits per heavy atom. The third kappa shape index (κ3) is 2.99. The van der Waals surface area contributed by atoms with Crippen LogP contribution in [0, 0.1) is 0 Å². The molecule has 25 heavy (non-hydrogen) atoms. The summed E-state index contributed by atoms with van der Waals surface area (Å²) < 4.78 is 3.51. The molecule has 7 heteroatoms. The fourth-order valence-corrected chi connectivity index (χ4v) is 2.78. The van der Waals surface area contributed by atoms with E-state index in [2.05, 4.69) is 20.8 Å². The maximum absolute atomic E-state index is 12.4. The molecule has 0 spiro atoms.